The van der Waals surface area contributed by atoms with Crippen molar-refractivity contribution in [3.63, 3.8) is 0 Å². The van der Waals surface area contributed by atoms with Gasteiger partial charge < -0.3 is 9.80 Å². The predicted octanol–water partition coefficient (Wildman–Crippen LogP) is 2.76. The van der Waals surface area contributed by atoms with Crippen LogP contribution in [0.15, 0.2) is 41.8 Å². The highest BCUT2D eigenvalue weighted by molar-refractivity contribution is 7.12. The number of nitrogens with zero attached hydrogens (tertiary/aromatic N) is 2. The van der Waals surface area contributed by atoms with Gasteiger partial charge in [-0.15, -0.1) is 11.3 Å². The summed E-state index contributed by atoms with van der Waals surface area (Å²) in [6.07, 6.45) is 0. The molecule has 0 N–H and O–H groups in total. The van der Waals surface area contributed by atoms with Gasteiger partial charge in [0.25, 0.3) is 5.91 Å². The Morgan fingerprint density at radius 1 is 1.23 bits per heavy atom. The highest BCUT2D eigenvalue weighted by atomic mass is 32.1. The maximum atomic E-state index is 13.9. The maximum Gasteiger partial charge on any atom is 0.264 e. The molecular formula is C16H15FN2O2S. The fraction of sp³-hybridized carbons (Fsp3) is 0.250. The Morgan fingerprint density at radius 3 is 2.68 bits per heavy atom. The number of para-hydroxylation sites is 1. The van der Waals surface area contributed by atoms with Crippen LogP contribution in [0.1, 0.15) is 16.6 Å². The number of carbonyl (C=O) groups excluding carboxylic acids is 2. The Labute approximate surface area is 131 Å². The van der Waals surface area contributed by atoms with Crippen molar-refractivity contribution in [2.45, 2.75) is 13.0 Å². The van der Waals surface area contributed by atoms with Crippen LogP contribution in [-0.2, 0) is 4.79 Å². The molecule has 4 nitrogen and oxygen atoms in total. The summed E-state index contributed by atoms with van der Waals surface area (Å²) in [5.41, 5.74) is 0.266. The van der Waals surface area contributed by atoms with Crippen molar-refractivity contribution < 1.29 is 14.0 Å². The zero-order valence-electron chi connectivity index (χ0n) is 12.0. The smallest absolute Gasteiger partial charge is 0.264 e. The van der Waals surface area contributed by atoms with E-state index in [1.54, 1.807) is 42.2 Å². The fourth-order valence-electron chi connectivity index (χ4n) is 2.60. The molecule has 2 heterocycles. The van der Waals surface area contributed by atoms with Gasteiger partial charge in [-0.2, -0.15) is 0 Å². The average Bonchev–Trinajstić information content (AvgIpc) is 3.05. The third kappa shape index (κ3) is 2.50. The van der Waals surface area contributed by atoms with Crippen LogP contribution in [0.4, 0.5) is 10.1 Å². The van der Waals surface area contributed by atoms with Gasteiger partial charge in [0.2, 0.25) is 5.91 Å². The van der Waals surface area contributed by atoms with E-state index >= 15 is 0 Å². The van der Waals surface area contributed by atoms with Crippen molar-refractivity contribution in [2.75, 3.05) is 18.0 Å². The van der Waals surface area contributed by atoms with Crippen LogP contribution >= 0.6 is 11.3 Å². The number of amides is 2. The Balaban J connectivity index is 1.82. The van der Waals surface area contributed by atoms with Crippen molar-refractivity contribution in [1.82, 2.24) is 4.90 Å². The quantitative estimate of drug-likeness (QED) is 0.854. The lowest BCUT2D eigenvalue weighted by Gasteiger charge is -2.39. The van der Waals surface area contributed by atoms with Crippen LogP contribution in [-0.4, -0.2) is 35.8 Å². The van der Waals surface area contributed by atoms with Gasteiger partial charge in [-0.05, 0) is 30.5 Å². The molecule has 6 heteroatoms. The van der Waals surface area contributed by atoms with Crippen LogP contribution in [0.3, 0.4) is 0 Å². The van der Waals surface area contributed by atoms with Gasteiger partial charge in [0.05, 0.1) is 10.6 Å². The molecular weight excluding hydrogens is 303 g/mol. The monoisotopic (exact) mass is 318 g/mol. The van der Waals surface area contributed by atoms with E-state index in [0.29, 0.717) is 18.0 Å². The summed E-state index contributed by atoms with van der Waals surface area (Å²) in [6, 6.07) is 9.13. The number of carbonyl (C=O) groups is 2. The van der Waals surface area contributed by atoms with E-state index in [0.717, 1.165) is 0 Å². The lowest BCUT2D eigenvalue weighted by Crippen LogP contribution is -2.57. The normalized spacial score (nSPS) is 18.6. The van der Waals surface area contributed by atoms with E-state index in [-0.39, 0.29) is 17.5 Å². The summed E-state index contributed by atoms with van der Waals surface area (Å²) in [5.74, 6) is -0.841. The number of piperazine rings is 1. The summed E-state index contributed by atoms with van der Waals surface area (Å²) in [5, 5.41) is 1.83. The standard InChI is InChI=1S/C16H15FN2O2S/c1-11-15(20)19(13-6-3-2-5-12(13)17)9-8-18(11)16(21)14-7-4-10-22-14/h2-7,10-11H,8-9H2,1H3/t11-/m1/s1. The largest absolute Gasteiger partial charge is 0.324 e. The third-order valence-electron chi connectivity index (χ3n) is 3.79. The Kier molecular flexibility index (Phi) is 3.94. The third-order valence-corrected chi connectivity index (χ3v) is 4.65. The minimum absolute atomic E-state index is 0.149. The molecule has 22 heavy (non-hydrogen) atoms. The SMILES string of the molecule is C[C@@H]1C(=O)N(c2ccccc2F)CCN1C(=O)c1cccs1. The topological polar surface area (TPSA) is 40.6 Å². The first kappa shape index (κ1) is 14.7. The first-order valence-corrected chi connectivity index (χ1v) is 7.88. The molecule has 1 aliphatic heterocycles. The summed E-state index contributed by atoms with van der Waals surface area (Å²) in [4.78, 5) is 28.5. The van der Waals surface area contributed by atoms with E-state index in [1.807, 2.05) is 5.38 Å². The van der Waals surface area contributed by atoms with Gasteiger partial charge in [-0.25, -0.2) is 4.39 Å². The zero-order valence-corrected chi connectivity index (χ0v) is 12.8. The molecule has 0 spiro atoms. The molecule has 1 aromatic heterocycles. The van der Waals surface area contributed by atoms with Gasteiger partial charge in [-0.3, -0.25) is 9.59 Å². The van der Waals surface area contributed by atoms with Crippen molar-refractivity contribution in [2.24, 2.45) is 0 Å². The van der Waals surface area contributed by atoms with E-state index in [1.165, 1.54) is 22.3 Å². The summed E-state index contributed by atoms with van der Waals surface area (Å²) < 4.78 is 13.9. The molecule has 0 radical (unpaired) electrons. The highest BCUT2D eigenvalue weighted by Gasteiger charge is 2.36. The van der Waals surface area contributed by atoms with Crippen molar-refractivity contribution in [3.05, 3.63) is 52.5 Å². The first-order valence-electron chi connectivity index (χ1n) is 7.00. The summed E-state index contributed by atoms with van der Waals surface area (Å²) >= 11 is 1.35. The molecule has 0 aliphatic carbocycles. The molecule has 1 saturated heterocycles. The van der Waals surface area contributed by atoms with Crippen LogP contribution in [0.5, 0.6) is 0 Å². The Morgan fingerprint density at radius 2 is 2.00 bits per heavy atom. The number of hydrogen-bond acceptors (Lipinski definition) is 3. The van der Waals surface area contributed by atoms with Crippen LogP contribution in [0, 0.1) is 5.82 Å². The van der Waals surface area contributed by atoms with E-state index in [4.69, 9.17) is 0 Å². The maximum absolute atomic E-state index is 13.9. The molecule has 0 unspecified atom stereocenters. The second-order valence-electron chi connectivity index (χ2n) is 5.09. The van der Waals surface area contributed by atoms with Crippen LogP contribution in [0.25, 0.3) is 0 Å². The van der Waals surface area contributed by atoms with Gasteiger partial charge >= 0.3 is 0 Å². The Hall–Kier alpha value is -2.21. The lowest BCUT2D eigenvalue weighted by atomic mass is 10.1. The molecule has 114 valence electrons. The van der Waals surface area contributed by atoms with Gasteiger partial charge in [0.1, 0.15) is 11.9 Å². The molecule has 3 rings (SSSR count). The lowest BCUT2D eigenvalue weighted by molar-refractivity contribution is -0.124. The molecule has 1 fully saturated rings. The van der Waals surface area contributed by atoms with Crippen molar-refractivity contribution in [3.8, 4) is 0 Å². The molecule has 0 saturated carbocycles. The highest BCUT2D eigenvalue weighted by Crippen LogP contribution is 2.24. The molecule has 2 aromatic rings. The number of halogens is 1. The molecule has 1 atom stereocenters. The van der Waals surface area contributed by atoms with Crippen molar-refractivity contribution in [1.29, 1.82) is 0 Å². The van der Waals surface area contributed by atoms with Crippen LogP contribution in [0.2, 0.25) is 0 Å². The number of benzene rings is 1. The van der Waals surface area contributed by atoms with Gasteiger partial charge in [0, 0.05) is 13.1 Å². The van der Waals surface area contributed by atoms with Crippen LogP contribution < -0.4 is 4.90 Å². The number of hydrogen-bond donors (Lipinski definition) is 0. The second-order valence-corrected chi connectivity index (χ2v) is 6.04. The summed E-state index contributed by atoms with van der Waals surface area (Å²) in [7, 11) is 0. The molecule has 1 aromatic carbocycles. The predicted molar refractivity (Wildman–Crippen MR) is 83.6 cm³/mol. The van der Waals surface area contributed by atoms with Gasteiger partial charge in [-0.1, -0.05) is 18.2 Å². The van der Waals surface area contributed by atoms with Crippen molar-refractivity contribution >= 4 is 28.8 Å². The molecule has 1 aliphatic rings. The van der Waals surface area contributed by atoms with E-state index in [2.05, 4.69) is 0 Å². The second kappa shape index (κ2) is 5.88. The number of thiophene rings is 1. The Bertz CT molecular complexity index is 702. The summed E-state index contributed by atoms with van der Waals surface area (Å²) in [6.45, 7) is 2.36. The minimum Gasteiger partial charge on any atom is -0.324 e. The molecule has 0 bridgehead atoms. The van der Waals surface area contributed by atoms with Gasteiger partial charge in [0.15, 0.2) is 0 Å². The fourth-order valence-corrected chi connectivity index (χ4v) is 3.28. The zero-order chi connectivity index (χ0) is 15.7. The first-order chi connectivity index (χ1) is 10.6. The average molecular weight is 318 g/mol. The number of anilines is 1. The minimum atomic E-state index is -0.608. The van der Waals surface area contributed by atoms with E-state index < -0.39 is 11.9 Å². The number of rotatable bonds is 2. The molecule has 2 amide bonds. The van der Waals surface area contributed by atoms with E-state index in [9.17, 15) is 14.0 Å².